The molecule has 0 N–H and O–H groups in total. The fourth-order valence-electron chi connectivity index (χ4n) is 3.10. The summed E-state index contributed by atoms with van der Waals surface area (Å²) in [7, 11) is 0. The minimum absolute atomic E-state index is 0.169. The first-order chi connectivity index (χ1) is 13.5. The number of benzene rings is 3. The van der Waals surface area contributed by atoms with Crippen molar-refractivity contribution in [3.05, 3.63) is 111 Å². The van der Waals surface area contributed by atoms with E-state index in [1.54, 1.807) is 35.2 Å². The first-order valence-corrected chi connectivity index (χ1v) is 9.71. The fraction of sp³-hybridized carbons (Fsp3) is 0. The first-order valence-electron chi connectivity index (χ1n) is 8.57. The Hall–Kier alpha value is -2.52. The second-order valence-corrected chi connectivity index (χ2v) is 7.50. The smallest absolute Gasteiger partial charge is 0.262 e. The molecule has 0 saturated heterocycles. The molecular weight excluding hydrogens is 413 g/mol. The van der Waals surface area contributed by atoms with Crippen molar-refractivity contribution in [2.45, 2.75) is 0 Å². The highest BCUT2D eigenvalue weighted by Crippen LogP contribution is 2.38. The van der Waals surface area contributed by atoms with Crippen molar-refractivity contribution in [1.82, 2.24) is 0 Å². The molecule has 138 valence electrons. The van der Waals surface area contributed by atoms with Crippen molar-refractivity contribution in [1.29, 1.82) is 0 Å². The van der Waals surface area contributed by atoms with Crippen molar-refractivity contribution in [3.8, 4) is 0 Å². The highest BCUT2D eigenvalue weighted by atomic mass is 35.5. The maximum atomic E-state index is 13.3. The Balaban J connectivity index is 1.86. The molecule has 5 heteroatoms. The van der Waals surface area contributed by atoms with Gasteiger partial charge in [0.2, 0.25) is 0 Å². The molecule has 3 aromatic carbocycles. The van der Waals surface area contributed by atoms with E-state index in [9.17, 15) is 4.79 Å². The highest BCUT2D eigenvalue weighted by molar-refractivity contribution is 6.37. The van der Waals surface area contributed by atoms with E-state index in [1.807, 2.05) is 54.6 Å². The Bertz CT molecular complexity index is 1120. The van der Waals surface area contributed by atoms with Crippen LogP contribution in [0.4, 0.5) is 5.69 Å². The van der Waals surface area contributed by atoms with Gasteiger partial charge in [-0.15, -0.1) is 0 Å². The summed E-state index contributed by atoms with van der Waals surface area (Å²) in [6.45, 7) is 0. The molecule has 0 aromatic heterocycles. The lowest BCUT2D eigenvalue weighted by Gasteiger charge is -2.21. The molecule has 3 aromatic rings. The summed E-state index contributed by atoms with van der Waals surface area (Å²) < 4.78 is 0. The fourth-order valence-corrected chi connectivity index (χ4v) is 3.78. The average Bonchev–Trinajstić information content (AvgIpc) is 3.01. The van der Waals surface area contributed by atoms with Gasteiger partial charge in [0.1, 0.15) is 0 Å². The van der Waals surface area contributed by atoms with Crippen LogP contribution in [-0.4, -0.2) is 5.91 Å². The van der Waals surface area contributed by atoms with Crippen LogP contribution >= 0.6 is 34.8 Å². The molecule has 1 aliphatic rings. The molecule has 0 atom stereocenters. The predicted molar refractivity (Wildman–Crippen MR) is 118 cm³/mol. The number of nitrogens with zero attached hydrogens (tertiary/aromatic N) is 1. The molecule has 1 heterocycles. The molecule has 4 rings (SSSR count). The summed E-state index contributed by atoms with van der Waals surface area (Å²) in [6, 6.07) is 22.2. The molecule has 0 unspecified atom stereocenters. The molecule has 28 heavy (non-hydrogen) atoms. The van der Waals surface area contributed by atoms with Crippen LogP contribution in [0.25, 0.3) is 11.8 Å². The summed E-state index contributed by atoms with van der Waals surface area (Å²) in [5, 5.41) is 1.53. The second kappa shape index (κ2) is 7.84. The standard InChI is InChI=1S/C23H14Cl3NO/c24-18-11-10-16(20(26)14-18)12-17-13-22(15-6-2-1-3-7-15)27(23(17)28)21-9-5-4-8-19(21)25/h1-14H/b17-12+. The van der Waals surface area contributed by atoms with Crippen molar-refractivity contribution >= 4 is 58.2 Å². The van der Waals surface area contributed by atoms with Crippen LogP contribution < -0.4 is 4.90 Å². The van der Waals surface area contributed by atoms with Crippen LogP contribution in [0.3, 0.4) is 0 Å². The SMILES string of the molecule is O=C1/C(=C/c2ccc(Cl)cc2Cl)C=C(c2ccccc2)N1c1ccccc1Cl. The van der Waals surface area contributed by atoms with Gasteiger partial charge >= 0.3 is 0 Å². The summed E-state index contributed by atoms with van der Waals surface area (Å²) in [6.07, 6.45) is 3.62. The van der Waals surface area contributed by atoms with Gasteiger partial charge in [0.15, 0.2) is 0 Å². The third-order valence-electron chi connectivity index (χ3n) is 4.42. The molecule has 0 aliphatic carbocycles. The van der Waals surface area contributed by atoms with Crippen LogP contribution in [0, 0.1) is 0 Å². The third kappa shape index (κ3) is 3.59. The van der Waals surface area contributed by atoms with E-state index < -0.39 is 0 Å². The number of hydrogen-bond donors (Lipinski definition) is 0. The Morgan fingerprint density at radius 3 is 2.21 bits per heavy atom. The molecule has 0 saturated carbocycles. The zero-order valence-corrected chi connectivity index (χ0v) is 16.8. The van der Waals surface area contributed by atoms with Gasteiger partial charge in [-0.25, -0.2) is 0 Å². The number of carbonyl (C=O) groups is 1. The largest absolute Gasteiger partial charge is 0.275 e. The molecule has 0 radical (unpaired) electrons. The van der Waals surface area contributed by atoms with Crippen LogP contribution in [0.15, 0.2) is 84.4 Å². The first kappa shape index (κ1) is 18.8. The monoisotopic (exact) mass is 425 g/mol. The minimum Gasteiger partial charge on any atom is -0.275 e. The van der Waals surface area contributed by atoms with Crippen LogP contribution in [0.2, 0.25) is 15.1 Å². The summed E-state index contributed by atoms with van der Waals surface area (Å²) >= 11 is 18.7. The molecule has 1 aliphatic heterocycles. The number of para-hydroxylation sites is 1. The van der Waals surface area contributed by atoms with Crippen molar-refractivity contribution in [3.63, 3.8) is 0 Å². The van der Waals surface area contributed by atoms with E-state index in [0.29, 0.717) is 26.3 Å². The van der Waals surface area contributed by atoms with Crippen LogP contribution in [-0.2, 0) is 4.79 Å². The number of halogens is 3. The van der Waals surface area contributed by atoms with Gasteiger partial charge in [-0.2, -0.15) is 0 Å². The van der Waals surface area contributed by atoms with E-state index in [2.05, 4.69) is 0 Å². The van der Waals surface area contributed by atoms with Crippen molar-refractivity contribution < 1.29 is 4.79 Å². The maximum Gasteiger partial charge on any atom is 0.262 e. The average molecular weight is 427 g/mol. The van der Waals surface area contributed by atoms with E-state index >= 15 is 0 Å². The Labute approximate surface area is 178 Å². The van der Waals surface area contributed by atoms with Gasteiger partial charge in [0.25, 0.3) is 5.91 Å². The quantitative estimate of drug-likeness (QED) is 0.408. The van der Waals surface area contributed by atoms with E-state index in [4.69, 9.17) is 34.8 Å². The minimum atomic E-state index is -0.169. The van der Waals surface area contributed by atoms with Gasteiger partial charge in [0.05, 0.1) is 16.4 Å². The van der Waals surface area contributed by atoms with Gasteiger partial charge in [-0.1, -0.05) is 83.3 Å². The number of carbonyl (C=O) groups excluding carboxylic acids is 1. The second-order valence-electron chi connectivity index (χ2n) is 6.25. The Kier molecular flexibility index (Phi) is 5.27. The van der Waals surface area contributed by atoms with Crippen molar-refractivity contribution in [2.24, 2.45) is 0 Å². The van der Waals surface area contributed by atoms with Gasteiger partial charge in [-0.3, -0.25) is 9.69 Å². The van der Waals surface area contributed by atoms with Crippen LogP contribution in [0.5, 0.6) is 0 Å². The molecule has 2 nitrogen and oxygen atoms in total. The maximum absolute atomic E-state index is 13.3. The Morgan fingerprint density at radius 2 is 1.50 bits per heavy atom. The lowest BCUT2D eigenvalue weighted by molar-refractivity contribution is -0.113. The topological polar surface area (TPSA) is 20.3 Å². The lowest BCUT2D eigenvalue weighted by atomic mass is 10.1. The lowest BCUT2D eigenvalue weighted by Crippen LogP contribution is -2.25. The summed E-state index contributed by atoms with van der Waals surface area (Å²) in [5.74, 6) is -0.169. The molecule has 0 fully saturated rings. The molecule has 0 bridgehead atoms. The van der Waals surface area contributed by atoms with Crippen LogP contribution in [0.1, 0.15) is 11.1 Å². The zero-order chi connectivity index (χ0) is 19.7. The van der Waals surface area contributed by atoms with E-state index in [0.717, 1.165) is 16.8 Å². The third-order valence-corrected chi connectivity index (χ3v) is 5.30. The van der Waals surface area contributed by atoms with E-state index in [-0.39, 0.29) is 5.91 Å². The molecular formula is C23H14Cl3NO. The van der Waals surface area contributed by atoms with Gasteiger partial charge in [-0.05, 0) is 47.5 Å². The number of hydrogen-bond acceptors (Lipinski definition) is 1. The number of amides is 1. The zero-order valence-electron chi connectivity index (χ0n) is 14.6. The highest BCUT2D eigenvalue weighted by Gasteiger charge is 2.31. The summed E-state index contributed by atoms with van der Waals surface area (Å²) in [5.41, 5.74) is 3.55. The Morgan fingerprint density at radius 1 is 0.786 bits per heavy atom. The van der Waals surface area contributed by atoms with Crippen molar-refractivity contribution in [2.75, 3.05) is 4.90 Å². The predicted octanol–water partition coefficient (Wildman–Crippen LogP) is 7.12. The normalized spacial score (nSPS) is 15.2. The molecule has 1 amide bonds. The van der Waals surface area contributed by atoms with Gasteiger partial charge < -0.3 is 0 Å². The number of rotatable bonds is 3. The number of anilines is 1. The molecule has 0 spiro atoms. The van der Waals surface area contributed by atoms with E-state index in [1.165, 1.54) is 0 Å². The summed E-state index contributed by atoms with van der Waals surface area (Å²) in [4.78, 5) is 14.9. The van der Waals surface area contributed by atoms with Gasteiger partial charge in [0, 0.05) is 15.6 Å².